The van der Waals surface area contributed by atoms with Crippen LogP contribution in [0, 0.1) is 17.8 Å². The zero-order valence-corrected chi connectivity index (χ0v) is 7.81. The van der Waals surface area contributed by atoms with Gasteiger partial charge in [-0.25, -0.2) is 0 Å². The van der Waals surface area contributed by atoms with Gasteiger partial charge in [0.2, 0.25) is 0 Å². The summed E-state index contributed by atoms with van der Waals surface area (Å²) in [7, 11) is 0. The van der Waals surface area contributed by atoms with Crippen molar-refractivity contribution in [1.82, 2.24) is 0 Å². The van der Waals surface area contributed by atoms with Crippen LogP contribution in [0.25, 0.3) is 0 Å². The molecule has 1 aromatic carbocycles. The molecule has 1 aliphatic rings. The minimum absolute atomic E-state index is 0.0322. The van der Waals surface area contributed by atoms with Crippen LogP contribution in [0.3, 0.4) is 0 Å². The molecule has 0 aliphatic carbocycles. The molecular weight excluding hydrogens is 176 g/mol. The first-order valence-corrected chi connectivity index (χ1v) is 4.68. The highest BCUT2D eigenvalue weighted by molar-refractivity contribution is 5.34. The zero-order chi connectivity index (χ0) is 9.80. The summed E-state index contributed by atoms with van der Waals surface area (Å²) in [5.41, 5.74) is 0.978. The maximum Gasteiger partial charge on any atom is 0.0933 e. The topological polar surface area (TPSA) is 29.5 Å². The molecule has 1 saturated heterocycles. The molecule has 0 radical (unpaired) electrons. The van der Waals surface area contributed by atoms with Crippen LogP contribution < -0.4 is 0 Å². The molecule has 1 aliphatic heterocycles. The highest BCUT2D eigenvalue weighted by Crippen LogP contribution is 2.12. The number of aliphatic hydroxyl groups is 1. The normalized spacial score (nSPS) is 25.5. The SMILES string of the molecule is O[C@@H]1COC[C@H]1C#Cc1ccccc1. The fraction of sp³-hybridized carbons (Fsp3) is 0.333. The molecule has 0 bridgehead atoms. The molecule has 1 fully saturated rings. The Morgan fingerprint density at radius 2 is 2.00 bits per heavy atom. The predicted molar refractivity (Wildman–Crippen MR) is 53.6 cm³/mol. The standard InChI is InChI=1S/C12H12O2/c13-12-9-14-8-11(12)7-6-10-4-2-1-3-5-10/h1-5,11-13H,8-9H2/t11-,12-/m1/s1. The molecule has 1 N–H and O–H groups in total. The smallest absolute Gasteiger partial charge is 0.0933 e. The monoisotopic (exact) mass is 188 g/mol. The average Bonchev–Trinajstić information content (AvgIpc) is 2.63. The summed E-state index contributed by atoms with van der Waals surface area (Å²) in [6, 6.07) is 9.76. The maximum absolute atomic E-state index is 9.44. The van der Waals surface area contributed by atoms with E-state index in [1.54, 1.807) is 0 Å². The van der Waals surface area contributed by atoms with Gasteiger partial charge in [0, 0.05) is 5.56 Å². The zero-order valence-electron chi connectivity index (χ0n) is 7.81. The van der Waals surface area contributed by atoms with Crippen LogP contribution in [0.1, 0.15) is 5.56 Å². The van der Waals surface area contributed by atoms with Crippen molar-refractivity contribution in [2.24, 2.45) is 5.92 Å². The second-order valence-corrected chi connectivity index (χ2v) is 3.35. The van der Waals surface area contributed by atoms with Crippen LogP contribution in [0.15, 0.2) is 30.3 Å². The van der Waals surface area contributed by atoms with E-state index in [1.807, 2.05) is 30.3 Å². The average molecular weight is 188 g/mol. The molecule has 0 spiro atoms. The lowest BCUT2D eigenvalue weighted by Gasteiger charge is -2.01. The Bertz CT molecular complexity index is 348. The highest BCUT2D eigenvalue weighted by Gasteiger charge is 2.23. The first-order chi connectivity index (χ1) is 6.86. The fourth-order valence-electron chi connectivity index (χ4n) is 1.38. The fourth-order valence-corrected chi connectivity index (χ4v) is 1.38. The molecule has 1 aromatic rings. The lowest BCUT2D eigenvalue weighted by molar-refractivity contribution is 0.123. The van der Waals surface area contributed by atoms with E-state index in [-0.39, 0.29) is 5.92 Å². The van der Waals surface area contributed by atoms with E-state index in [9.17, 15) is 5.11 Å². The number of ether oxygens (including phenoxy) is 1. The van der Waals surface area contributed by atoms with Crippen molar-refractivity contribution in [3.8, 4) is 11.8 Å². The van der Waals surface area contributed by atoms with E-state index in [0.717, 1.165) is 5.56 Å². The molecule has 72 valence electrons. The maximum atomic E-state index is 9.44. The third kappa shape index (κ3) is 2.14. The molecule has 2 rings (SSSR count). The Balaban J connectivity index is 2.07. The third-order valence-electron chi connectivity index (χ3n) is 2.23. The molecule has 2 nitrogen and oxygen atoms in total. The van der Waals surface area contributed by atoms with Crippen LogP contribution in [-0.2, 0) is 4.74 Å². The summed E-state index contributed by atoms with van der Waals surface area (Å²) in [6.45, 7) is 0.954. The Labute approximate surface area is 83.5 Å². The molecule has 0 aromatic heterocycles. The van der Waals surface area contributed by atoms with E-state index < -0.39 is 6.10 Å². The summed E-state index contributed by atoms with van der Waals surface area (Å²) < 4.78 is 5.11. The Hall–Kier alpha value is -1.30. The van der Waals surface area contributed by atoms with E-state index in [0.29, 0.717) is 13.2 Å². The number of benzene rings is 1. The van der Waals surface area contributed by atoms with Gasteiger partial charge in [0.05, 0.1) is 25.2 Å². The summed E-state index contributed by atoms with van der Waals surface area (Å²) >= 11 is 0. The molecule has 2 heteroatoms. The van der Waals surface area contributed by atoms with Gasteiger partial charge in [-0.15, -0.1) is 0 Å². The summed E-state index contributed by atoms with van der Waals surface area (Å²) in [4.78, 5) is 0. The number of aliphatic hydroxyl groups excluding tert-OH is 1. The second kappa shape index (κ2) is 4.28. The van der Waals surface area contributed by atoms with Crippen LogP contribution in [-0.4, -0.2) is 24.4 Å². The van der Waals surface area contributed by atoms with Crippen molar-refractivity contribution in [2.45, 2.75) is 6.10 Å². The lowest BCUT2D eigenvalue weighted by Crippen LogP contribution is -2.15. The minimum Gasteiger partial charge on any atom is -0.389 e. The van der Waals surface area contributed by atoms with Gasteiger partial charge in [0.1, 0.15) is 0 Å². The van der Waals surface area contributed by atoms with Crippen LogP contribution in [0.2, 0.25) is 0 Å². The summed E-state index contributed by atoms with van der Waals surface area (Å²) in [6.07, 6.45) is -0.425. The van der Waals surface area contributed by atoms with Crippen molar-refractivity contribution in [3.63, 3.8) is 0 Å². The van der Waals surface area contributed by atoms with Crippen molar-refractivity contribution < 1.29 is 9.84 Å². The number of rotatable bonds is 0. The Kier molecular flexibility index (Phi) is 2.83. The van der Waals surface area contributed by atoms with Crippen LogP contribution in [0.5, 0.6) is 0 Å². The van der Waals surface area contributed by atoms with E-state index >= 15 is 0 Å². The van der Waals surface area contributed by atoms with E-state index in [1.165, 1.54) is 0 Å². The van der Waals surface area contributed by atoms with Crippen molar-refractivity contribution >= 4 is 0 Å². The Morgan fingerprint density at radius 1 is 1.21 bits per heavy atom. The van der Waals surface area contributed by atoms with Crippen molar-refractivity contribution in [3.05, 3.63) is 35.9 Å². The first kappa shape index (κ1) is 9.26. The number of hydrogen-bond acceptors (Lipinski definition) is 2. The van der Waals surface area contributed by atoms with Gasteiger partial charge in [0.25, 0.3) is 0 Å². The first-order valence-electron chi connectivity index (χ1n) is 4.68. The third-order valence-corrected chi connectivity index (χ3v) is 2.23. The van der Waals surface area contributed by atoms with Crippen molar-refractivity contribution in [1.29, 1.82) is 0 Å². The molecule has 0 amide bonds. The largest absolute Gasteiger partial charge is 0.389 e. The van der Waals surface area contributed by atoms with Gasteiger partial charge in [-0.05, 0) is 12.1 Å². The number of hydrogen-bond donors (Lipinski definition) is 1. The van der Waals surface area contributed by atoms with Crippen LogP contribution >= 0.6 is 0 Å². The second-order valence-electron chi connectivity index (χ2n) is 3.35. The molecule has 2 atom stereocenters. The summed E-state index contributed by atoms with van der Waals surface area (Å²) in [5, 5.41) is 9.44. The molecular formula is C12H12O2. The van der Waals surface area contributed by atoms with Gasteiger partial charge in [0.15, 0.2) is 0 Å². The van der Waals surface area contributed by atoms with E-state index in [2.05, 4.69) is 11.8 Å². The van der Waals surface area contributed by atoms with Crippen LogP contribution in [0.4, 0.5) is 0 Å². The minimum atomic E-state index is -0.425. The lowest BCUT2D eigenvalue weighted by atomic mass is 10.1. The Morgan fingerprint density at radius 3 is 2.64 bits per heavy atom. The predicted octanol–water partition coefficient (Wildman–Crippen LogP) is 1.05. The van der Waals surface area contributed by atoms with E-state index in [4.69, 9.17) is 4.74 Å². The molecule has 14 heavy (non-hydrogen) atoms. The summed E-state index contributed by atoms with van der Waals surface area (Å²) in [5.74, 6) is 6.02. The van der Waals surface area contributed by atoms with Gasteiger partial charge >= 0.3 is 0 Å². The molecule has 0 unspecified atom stereocenters. The van der Waals surface area contributed by atoms with Gasteiger partial charge in [-0.2, -0.15) is 0 Å². The molecule has 1 heterocycles. The molecule has 0 saturated carbocycles. The van der Waals surface area contributed by atoms with Gasteiger partial charge in [-0.3, -0.25) is 0 Å². The highest BCUT2D eigenvalue weighted by atomic mass is 16.5. The van der Waals surface area contributed by atoms with Crippen molar-refractivity contribution in [2.75, 3.05) is 13.2 Å². The van der Waals surface area contributed by atoms with Gasteiger partial charge < -0.3 is 9.84 Å². The quantitative estimate of drug-likeness (QED) is 0.616. The van der Waals surface area contributed by atoms with Gasteiger partial charge in [-0.1, -0.05) is 30.0 Å².